The van der Waals surface area contributed by atoms with E-state index in [1.54, 1.807) is 33.5 Å². The van der Waals surface area contributed by atoms with Crippen molar-refractivity contribution >= 4 is 119 Å². The van der Waals surface area contributed by atoms with E-state index in [2.05, 4.69) is 62.6 Å². The second-order valence-corrected chi connectivity index (χ2v) is 16.6. The Balaban J connectivity index is 1.62. The quantitative estimate of drug-likeness (QED) is 0.0175. The van der Waals surface area contributed by atoms with E-state index in [0.717, 1.165) is 41.1 Å². The number of hydrogen-bond acceptors (Lipinski definition) is 20. The van der Waals surface area contributed by atoms with Gasteiger partial charge in [-0.3, -0.25) is 4.55 Å². The third-order valence-electron chi connectivity index (χ3n) is 8.25. The number of thioether (sulfide) groups is 1. The van der Waals surface area contributed by atoms with Crippen LogP contribution in [0.15, 0.2) is 43.9 Å². The van der Waals surface area contributed by atoms with Crippen molar-refractivity contribution in [2.24, 2.45) is 10.2 Å². The van der Waals surface area contributed by atoms with Gasteiger partial charge in [-0.25, -0.2) is 0 Å². The molecule has 5 N–H and O–H groups in total. The highest BCUT2D eigenvalue weighted by Crippen LogP contribution is 2.48. The fourth-order valence-corrected chi connectivity index (χ4v) is 9.35. The summed E-state index contributed by atoms with van der Waals surface area (Å²) in [7, 11) is 0.516. The van der Waals surface area contributed by atoms with Crippen molar-refractivity contribution in [2.75, 3.05) is 85.2 Å². The summed E-state index contributed by atoms with van der Waals surface area (Å²) in [5.74, 6) is 1.46. The minimum absolute atomic E-state index is 0.0179. The van der Waals surface area contributed by atoms with Crippen molar-refractivity contribution in [3.05, 3.63) is 24.3 Å². The van der Waals surface area contributed by atoms with Gasteiger partial charge >= 0.3 is 0 Å². The molecule has 0 radical (unpaired) electrons. The molecule has 0 bridgehead atoms. The number of hydrogen-bond donors (Lipinski definition) is 5. The Hall–Kier alpha value is -4.35. The van der Waals surface area contributed by atoms with Gasteiger partial charge in [-0.05, 0) is 51.4 Å². The van der Waals surface area contributed by atoms with Crippen LogP contribution in [0.3, 0.4) is 0 Å². The predicted molar refractivity (Wildman–Crippen MR) is 227 cm³/mol. The van der Waals surface area contributed by atoms with Gasteiger partial charge in [-0.15, -0.1) is 34.2 Å². The third-order valence-corrected chi connectivity index (χ3v) is 12.3. The molecule has 5 aromatic rings. The summed E-state index contributed by atoms with van der Waals surface area (Å²) in [5, 5.41) is 17.2. The number of methoxy groups -OCH3 is 3. The fourth-order valence-electron chi connectivity index (χ4n) is 5.53. The third kappa shape index (κ3) is 9.91. The Kier molecular flexibility index (Phi) is 14.1. The van der Waals surface area contributed by atoms with Gasteiger partial charge in [-0.2, -0.15) is 27.7 Å². The van der Waals surface area contributed by atoms with Gasteiger partial charge < -0.3 is 40.4 Å². The second-order valence-electron chi connectivity index (χ2n) is 11.5. The molecule has 0 aliphatic heterocycles. The molecule has 0 aliphatic carbocycles. The number of nitrogens with zero attached hydrogens (tertiary/aromatic N) is 8. The molecule has 0 saturated carbocycles. The average molecular weight is 850 g/mol. The van der Waals surface area contributed by atoms with Gasteiger partial charge in [0, 0.05) is 44.1 Å². The van der Waals surface area contributed by atoms with Gasteiger partial charge in [0.05, 0.1) is 60.9 Å². The van der Waals surface area contributed by atoms with Crippen LogP contribution in [0.4, 0.5) is 51.0 Å². The van der Waals surface area contributed by atoms with Crippen LogP contribution >= 0.6 is 47.3 Å². The fraction of sp³-hybridized carbons (Fsp3) is 0.394. The van der Waals surface area contributed by atoms with Crippen molar-refractivity contribution < 1.29 is 27.2 Å². The molecule has 0 spiro atoms. The zero-order valence-electron chi connectivity index (χ0n) is 31.3. The monoisotopic (exact) mass is 849 g/mol. The lowest BCUT2D eigenvalue weighted by molar-refractivity contribution is 0.413. The molecule has 0 saturated heterocycles. The molecule has 22 heteroatoms. The van der Waals surface area contributed by atoms with Crippen molar-refractivity contribution in [3.63, 3.8) is 0 Å². The highest BCUT2D eigenvalue weighted by molar-refractivity contribution is 8.00. The molecule has 2 aromatic carbocycles. The SMILES string of the molecule is CCN(CC)c1cc(Nc2nc(Nc3cc(N(CC)CC)c(OC)cc3N=Nc3snc4sc(S)c(OC)c34)nc(SCCS(=O)(=O)O)n2)c(N)cc1OC. The van der Waals surface area contributed by atoms with Crippen LogP contribution in [0, 0.1) is 0 Å². The summed E-state index contributed by atoms with van der Waals surface area (Å²) in [5.41, 5.74) is 9.86. The maximum atomic E-state index is 11.5. The highest BCUT2D eigenvalue weighted by atomic mass is 32.2. The first-order chi connectivity index (χ1) is 26.4. The van der Waals surface area contributed by atoms with E-state index >= 15 is 0 Å². The Morgan fingerprint density at radius 1 is 0.873 bits per heavy atom. The first-order valence-corrected chi connectivity index (χ1v) is 21.6. The molecule has 0 unspecified atom stereocenters. The summed E-state index contributed by atoms with van der Waals surface area (Å²) >= 11 is 8.13. The molecule has 55 heavy (non-hydrogen) atoms. The molecule has 0 amide bonds. The Morgan fingerprint density at radius 2 is 1.45 bits per heavy atom. The average Bonchev–Trinajstić information content (AvgIpc) is 3.69. The number of ether oxygens (including phenoxy) is 3. The maximum Gasteiger partial charge on any atom is 0.265 e. The second kappa shape index (κ2) is 18.5. The van der Waals surface area contributed by atoms with Gasteiger partial charge in [0.25, 0.3) is 10.1 Å². The summed E-state index contributed by atoms with van der Waals surface area (Å²) < 4.78 is 54.7. The number of nitrogen functional groups attached to an aromatic ring is 1. The first kappa shape index (κ1) is 41.8. The van der Waals surface area contributed by atoms with Crippen molar-refractivity contribution in [1.82, 2.24) is 19.3 Å². The van der Waals surface area contributed by atoms with Crippen LogP contribution in [0.2, 0.25) is 0 Å². The summed E-state index contributed by atoms with van der Waals surface area (Å²) in [4.78, 5) is 18.8. The van der Waals surface area contributed by atoms with Gasteiger partial charge in [0.1, 0.15) is 26.2 Å². The Bertz CT molecular complexity index is 2260. The molecule has 3 aromatic heterocycles. The van der Waals surface area contributed by atoms with E-state index in [9.17, 15) is 13.0 Å². The van der Waals surface area contributed by atoms with Gasteiger partial charge in [-0.1, -0.05) is 11.8 Å². The molecule has 0 aliphatic rings. The number of aromatic nitrogens is 4. The summed E-state index contributed by atoms with van der Waals surface area (Å²) in [6, 6.07) is 7.22. The van der Waals surface area contributed by atoms with Crippen molar-refractivity contribution in [1.29, 1.82) is 0 Å². The summed E-state index contributed by atoms with van der Waals surface area (Å²) in [6.07, 6.45) is 0. The number of fused-ring (bicyclic) bond motifs is 1. The largest absolute Gasteiger partial charge is 0.495 e. The molecular weight excluding hydrogens is 807 g/mol. The zero-order valence-corrected chi connectivity index (χ0v) is 35.4. The number of thiophene rings is 1. The van der Waals surface area contributed by atoms with Crippen LogP contribution in [0.1, 0.15) is 27.7 Å². The number of nitrogens with one attached hydrogen (secondary N) is 2. The maximum absolute atomic E-state index is 11.5. The standard InChI is InChI=1S/C33H43N11O6S5/c1-8-43(9-2)22-15-19(18(34)14-24(22)48-5)35-31-37-32(39-33(38-31)52-12-13-55(45,46)47)36-20-16-23(44(10-3)11-4)25(49-6)17-21(20)40-41-28-26-27(50-7)30(51)53-29(26)42-54-28/h14-17,51H,8-13,34H2,1-7H3,(H,45,46,47)(H2,35,36,37,38,39). The lowest BCUT2D eigenvalue weighted by atomic mass is 10.2. The van der Waals surface area contributed by atoms with Crippen LogP contribution in [0.5, 0.6) is 17.2 Å². The molecule has 3 heterocycles. The van der Waals surface area contributed by atoms with Crippen molar-refractivity contribution in [3.8, 4) is 17.2 Å². The molecule has 0 fully saturated rings. The number of anilines is 7. The van der Waals surface area contributed by atoms with Crippen LogP contribution in [-0.4, -0.2) is 91.3 Å². The topological polar surface area (TPSA) is 215 Å². The molecule has 296 valence electrons. The Labute approximate surface area is 337 Å². The molecule has 0 atom stereocenters. The minimum atomic E-state index is -4.23. The normalized spacial score (nSPS) is 11.7. The van der Waals surface area contributed by atoms with Gasteiger partial charge in [0.15, 0.2) is 15.9 Å². The Morgan fingerprint density at radius 3 is 2.02 bits per heavy atom. The van der Waals surface area contributed by atoms with Gasteiger partial charge in [0.2, 0.25) is 11.9 Å². The molecule has 5 rings (SSSR count). The van der Waals surface area contributed by atoms with Crippen LogP contribution in [0.25, 0.3) is 10.2 Å². The van der Waals surface area contributed by atoms with Crippen LogP contribution < -0.4 is 40.4 Å². The number of thiol groups is 1. The van der Waals surface area contributed by atoms with Crippen LogP contribution in [-0.2, 0) is 10.1 Å². The lowest BCUT2D eigenvalue weighted by Crippen LogP contribution is -2.22. The highest BCUT2D eigenvalue weighted by Gasteiger charge is 2.21. The molecular formula is C33H43N11O6S5. The zero-order chi connectivity index (χ0) is 39.9. The van der Waals surface area contributed by atoms with E-state index in [1.165, 1.54) is 22.9 Å². The van der Waals surface area contributed by atoms with E-state index in [4.69, 9.17) is 19.9 Å². The number of azo groups is 1. The van der Waals surface area contributed by atoms with E-state index in [-0.39, 0.29) is 22.8 Å². The van der Waals surface area contributed by atoms with E-state index in [0.29, 0.717) is 67.7 Å². The molecule has 17 nitrogen and oxygen atoms in total. The minimum Gasteiger partial charge on any atom is -0.495 e. The number of nitrogens with two attached hydrogens (primary N) is 1. The van der Waals surface area contributed by atoms with E-state index in [1.807, 2.05) is 39.8 Å². The predicted octanol–water partition coefficient (Wildman–Crippen LogP) is 8.01. The number of rotatable bonds is 19. The van der Waals surface area contributed by atoms with E-state index < -0.39 is 15.9 Å². The lowest BCUT2D eigenvalue weighted by Gasteiger charge is -2.25. The first-order valence-electron chi connectivity index (χ1n) is 17.0. The van der Waals surface area contributed by atoms with Crippen molar-refractivity contribution in [2.45, 2.75) is 37.1 Å². The number of benzene rings is 2. The smallest absolute Gasteiger partial charge is 0.265 e. The summed E-state index contributed by atoms with van der Waals surface area (Å²) in [6.45, 7) is 11.0.